The van der Waals surface area contributed by atoms with Gasteiger partial charge in [0.25, 0.3) is 10.0 Å². The Morgan fingerprint density at radius 1 is 1.00 bits per heavy atom. The molecular formula is C22H23N3O3S. The maximum Gasteiger partial charge on any atom is 0.264 e. The molecule has 0 aliphatic rings. The molecule has 2 aromatic carbocycles. The third kappa shape index (κ3) is 4.82. The van der Waals surface area contributed by atoms with Gasteiger partial charge in [-0.25, -0.2) is 8.42 Å². The molecule has 29 heavy (non-hydrogen) atoms. The van der Waals surface area contributed by atoms with Gasteiger partial charge in [-0.3, -0.25) is 9.29 Å². The van der Waals surface area contributed by atoms with Crippen LogP contribution in [0.25, 0.3) is 12.2 Å². The molecule has 1 aromatic heterocycles. The van der Waals surface area contributed by atoms with E-state index in [4.69, 9.17) is 10.5 Å². The Bertz CT molecular complexity index is 1070. The summed E-state index contributed by atoms with van der Waals surface area (Å²) in [6, 6.07) is 17.4. The Labute approximate surface area is 171 Å². The van der Waals surface area contributed by atoms with E-state index in [0.29, 0.717) is 11.4 Å². The summed E-state index contributed by atoms with van der Waals surface area (Å²) in [5.74, 6) is 0.593. The fourth-order valence-corrected chi connectivity index (χ4v) is 4.38. The number of hydrogen-bond acceptors (Lipinski definition) is 5. The third-order valence-electron chi connectivity index (χ3n) is 4.35. The molecule has 0 bridgehead atoms. The Hall–Kier alpha value is -3.16. The van der Waals surface area contributed by atoms with Gasteiger partial charge in [-0.15, -0.1) is 0 Å². The highest BCUT2D eigenvalue weighted by Gasteiger charge is 2.25. The number of aromatic nitrogens is 1. The second-order valence-electron chi connectivity index (χ2n) is 6.21. The summed E-state index contributed by atoms with van der Waals surface area (Å²) in [5, 5.41) is 0. The zero-order valence-electron chi connectivity index (χ0n) is 16.1. The van der Waals surface area contributed by atoms with E-state index in [1.165, 1.54) is 23.5 Å². The Morgan fingerprint density at radius 2 is 1.69 bits per heavy atom. The second kappa shape index (κ2) is 9.36. The molecule has 0 aliphatic carbocycles. The van der Waals surface area contributed by atoms with Gasteiger partial charge in [-0.1, -0.05) is 30.4 Å². The Kier molecular flexibility index (Phi) is 6.64. The average molecular weight is 410 g/mol. The summed E-state index contributed by atoms with van der Waals surface area (Å²) < 4.78 is 33.2. The van der Waals surface area contributed by atoms with E-state index in [1.807, 2.05) is 42.5 Å². The first kappa shape index (κ1) is 20.6. The first-order valence-corrected chi connectivity index (χ1v) is 10.5. The molecule has 0 fully saturated rings. The smallest absolute Gasteiger partial charge is 0.264 e. The summed E-state index contributed by atoms with van der Waals surface area (Å²) in [4.78, 5) is 4.18. The van der Waals surface area contributed by atoms with E-state index in [9.17, 15) is 8.42 Å². The molecule has 0 unspecified atom stereocenters. The minimum absolute atomic E-state index is 0.161. The fraction of sp³-hybridized carbons (Fsp3) is 0.136. The number of sulfonamides is 1. The van der Waals surface area contributed by atoms with Crippen molar-refractivity contribution < 1.29 is 13.2 Å². The van der Waals surface area contributed by atoms with Crippen LogP contribution < -0.4 is 14.8 Å². The SMILES string of the molecule is COc1ccc(S(=O)(=O)N(CCN)c2ccccc2/C=C/c2ccncc2)cc1. The minimum atomic E-state index is -3.79. The van der Waals surface area contributed by atoms with Crippen molar-refractivity contribution in [3.05, 3.63) is 84.2 Å². The molecule has 3 rings (SSSR count). The van der Waals surface area contributed by atoms with Crippen molar-refractivity contribution in [3.63, 3.8) is 0 Å². The molecule has 0 spiro atoms. The molecule has 0 saturated heterocycles. The highest BCUT2D eigenvalue weighted by atomic mass is 32.2. The Morgan fingerprint density at radius 3 is 2.34 bits per heavy atom. The zero-order valence-corrected chi connectivity index (χ0v) is 16.9. The van der Waals surface area contributed by atoms with Crippen molar-refractivity contribution in [2.24, 2.45) is 5.73 Å². The average Bonchev–Trinajstić information content (AvgIpc) is 2.77. The lowest BCUT2D eigenvalue weighted by atomic mass is 10.1. The number of rotatable bonds is 8. The molecule has 150 valence electrons. The number of ether oxygens (including phenoxy) is 1. The number of pyridine rings is 1. The minimum Gasteiger partial charge on any atom is -0.497 e. The molecule has 0 aliphatic heterocycles. The van der Waals surface area contributed by atoms with Crippen molar-refractivity contribution in [2.75, 3.05) is 24.5 Å². The molecule has 1 heterocycles. The van der Waals surface area contributed by atoms with Crippen molar-refractivity contribution >= 4 is 27.9 Å². The molecule has 0 amide bonds. The molecule has 7 heteroatoms. The van der Waals surface area contributed by atoms with Crippen LogP contribution in [0.15, 0.2) is 78.0 Å². The van der Waals surface area contributed by atoms with Crippen molar-refractivity contribution in [1.29, 1.82) is 0 Å². The van der Waals surface area contributed by atoms with Gasteiger partial charge in [0.2, 0.25) is 0 Å². The molecular weight excluding hydrogens is 386 g/mol. The van der Waals surface area contributed by atoms with Gasteiger partial charge in [0.1, 0.15) is 5.75 Å². The van der Waals surface area contributed by atoms with E-state index in [1.54, 1.807) is 30.6 Å². The van der Waals surface area contributed by atoms with Crippen LogP contribution in [0.4, 0.5) is 5.69 Å². The van der Waals surface area contributed by atoms with E-state index >= 15 is 0 Å². The normalized spacial score (nSPS) is 11.5. The maximum absolute atomic E-state index is 13.3. The number of nitrogens with zero attached hydrogens (tertiary/aromatic N) is 2. The van der Waals surface area contributed by atoms with Crippen LogP contribution in [0.1, 0.15) is 11.1 Å². The molecule has 6 nitrogen and oxygen atoms in total. The van der Waals surface area contributed by atoms with Crippen LogP contribution in [0.2, 0.25) is 0 Å². The van der Waals surface area contributed by atoms with Crippen LogP contribution in [-0.4, -0.2) is 33.6 Å². The van der Waals surface area contributed by atoms with Gasteiger partial charge in [0.15, 0.2) is 0 Å². The predicted octanol–water partition coefficient (Wildman–Crippen LogP) is 3.41. The van der Waals surface area contributed by atoms with Crippen molar-refractivity contribution in [2.45, 2.75) is 4.90 Å². The number of anilines is 1. The Balaban J connectivity index is 2.01. The fourth-order valence-electron chi connectivity index (χ4n) is 2.88. The van der Waals surface area contributed by atoms with E-state index in [0.717, 1.165) is 11.1 Å². The molecule has 3 aromatic rings. The molecule has 0 saturated carbocycles. The molecule has 0 radical (unpaired) electrons. The van der Waals surface area contributed by atoms with Gasteiger partial charge >= 0.3 is 0 Å². The number of methoxy groups -OCH3 is 1. The number of para-hydroxylation sites is 1. The largest absolute Gasteiger partial charge is 0.497 e. The van der Waals surface area contributed by atoms with Crippen LogP contribution in [-0.2, 0) is 10.0 Å². The summed E-state index contributed by atoms with van der Waals surface area (Å²) >= 11 is 0. The summed E-state index contributed by atoms with van der Waals surface area (Å²) in [5.41, 5.74) is 8.06. The number of hydrogen-bond donors (Lipinski definition) is 1. The monoisotopic (exact) mass is 409 g/mol. The first-order chi connectivity index (χ1) is 14.1. The van der Waals surface area contributed by atoms with E-state index < -0.39 is 10.0 Å². The van der Waals surface area contributed by atoms with Gasteiger partial charge < -0.3 is 10.5 Å². The quantitative estimate of drug-likeness (QED) is 0.616. The van der Waals surface area contributed by atoms with Crippen molar-refractivity contribution in [1.82, 2.24) is 4.98 Å². The van der Waals surface area contributed by atoms with Gasteiger partial charge in [-0.05, 0) is 53.6 Å². The lowest BCUT2D eigenvalue weighted by molar-refractivity contribution is 0.414. The second-order valence-corrected chi connectivity index (χ2v) is 8.08. The first-order valence-electron chi connectivity index (χ1n) is 9.10. The molecule has 0 atom stereocenters. The van der Waals surface area contributed by atoms with Crippen molar-refractivity contribution in [3.8, 4) is 5.75 Å². The number of nitrogens with two attached hydrogens (primary N) is 1. The van der Waals surface area contributed by atoms with E-state index in [-0.39, 0.29) is 18.0 Å². The van der Waals surface area contributed by atoms with Crippen LogP contribution in [0, 0.1) is 0 Å². The third-order valence-corrected chi connectivity index (χ3v) is 6.17. The zero-order chi connectivity index (χ0) is 20.7. The van der Waals surface area contributed by atoms with Gasteiger partial charge in [0, 0.05) is 25.5 Å². The molecule has 2 N–H and O–H groups in total. The lowest BCUT2D eigenvalue weighted by Crippen LogP contribution is -2.35. The van der Waals surface area contributed by atoms with Gasteiger partial charge in [0.05, 0.1) is 17.7 Å². The van der Waals surface area contributed by atoms with Gasteiger partial charge in [-0.2, -0.15) is 0 Å². The summed E-state index contributed by atoms with van der Waals surface area (Å²) in [6.45, 7) is 0.353. The van der Waals surface area contributed by atoms with Crippen LogP contribution in [0.5, 0.6) is 5.75 Å². The topological polar surface area (TPSA) is 85.5 Å². The predicted molar refractivity (Wildman–Crippen MR) is 116 cm³/mol. The highest BCUT2D eigenvalue weighted by Crippen LogP contribution is 2.29. The summed E-state index contributed by atoms with van der Waals surface area (Å²) in [6.07, 6.45) is 7.22. The lowest BCUT2D eigenvalue weighted by Gasteiger charge is -2.25. The number of benzene rings is 2. The summed E-state index contributed by atoms with van der Waals surface area (Å²) in [7, 11) is -2.26. The highest BCUT2D eigenvalue weighted by molar-refractivity contribution is 7.92. The standard InChI is InChI=1S/C22H23N3O3S/c1-28-20-8-10-21(11-9-20)29(26,27)25(17-14-23)22-5-3-2-4-19(22)7-6-18-12-15-24-16-13-18/h2-13,15-16H,14,17,23H2,1H3/b7-6+. The van der Waals surface area contributed by atoms with Crippen LogP contribution in [0.3, 0.4) is 0 Å². The van der Waals surface area contributed by atoms with Crippen LogP contribution >= 0.6 is 0 Å². The maximum atomic E-state index is 13.3. The van der Waals surface area contributed by atoms with E-state index in [2.05, 4.69) is 4.98 Å².